The Labute approximate surface area is 136 Å². The summed E-state index contributed by atoms with van der Waals surface area (Å²) in [6.07, 6.45) is 6.10. The number of esters is 1. The topological polar surface area (TPSA) is 46.6 Å². The fourth-order valence-electron chi connectivity index (χ4n) is 2.92. The summed E-state index contributed by atoms with van der Waals surface area (Å²) in [5, 5.41) is 0. The van der Waals surface area contributed by atoms with Gasteiger partial charge in [-0.15, -0.1) is 0 Å². The molecule has 0 bridgehead atoms. The first-order chi connectivity index (χ1) is 11.1. The highest BCUT2D eigenvalue weighted by atomic mass is 19.1. The first kappa shape index (κ1) is 17.4. The first-order valence-corrected chi connectivity index (χ1v) is 8.19. The van der Waals surface area contributed by atoms with Gasteiger partial charge >= 0.3 is 5.97 Å². The predicted octanol–water partition coefficient (Wildman–Crippen LogP) is 3.30. The Balaban J connectivity index is 1.68. The maximum Gasteiger partial charge on any atom is 0.306 e. The Kier molecular flexibility index (Phi) is 6.56. The summed E-state index contributed by atoms with van der Waals surface area (Å²) in [6.45, 7) is -0.125. The molecule has 126 valence electrons. The van der Waals surface area contributed by atoms with Gasteiger partial charge in [0.2, 0.25) is 0 Å². The van der Waals surface area contributed by atoms with Crippen molar-refractivity contribution in [1.29, 1.82) is 0 Å². The number of ether oxygens (including phenoxy) is 1. The van der Waals surface area contributed by atoms with E-state index in [-0.39, 0.29) is 30.8 Å². The van der Waals surface area contributed by atoms with E-state index in [1.165, 1.54) is 36.6 Å². The second-order valence-electron chi connectivity index (χ2n) is 6.19. The van der Waals surface area contributed by atoms with E-state index in [0.29, 0.717) is 17.9 Å². The van der Waals surface area contributed by atoms with Crippen LogP contribution in [0.5, 0.6) is 0 Å². The molecule has 5 heteroatoms. The van der Waals surface area contributed by atoms with Gasteiger partial charge in [0.15, 0.2) is 6.61 Å². The predicted molar refractivity (Wildman–Crippen MR) is 85.0 cm³/mol. The Morgan fingerprint density at radius 3 is 2.65 bits per heavy atom. The molecule has 0 atom stereocenters. The van der Waals surface area contributed by atoms with Gasteiger partial charge in [-0.05, 0) is 18.4 Å². The van der Waals surface area contributed by atoms with Crippen LogP contribution in [0.4, 0.5) is 4.39 Å². The molecule has 23 heavy (non-hydrogen) atoms. The fourth-order valence-corrected chi connectivity index (χ4v) is 2.92. The van der Waals surface area contributed by atoms with Crippen molar-refractivity contribution in [2.24, 2.45) is 5.92 Å². The summed E-state index contributed by atoms with van der Waals surface area (Å²) >= 11 is 0. The SMILES string of the molecule is CN(Cc1ccccc1F)C(=O)COC(=O)CCC1CCCC1. The molecule has 0 aromatic heterocycles. The molecular formula is C18H24FNO3. The van der Waals surface area contributed by atoms with Crippen LogP contribution in [-0.4, -0.2) is 30.4 Å². The zero-order valence-electron chi connectivity index (χ0n) is 13.6. The van der Waals surface area contributed by atoms with Gasteiger partial charge in [-0.25, -0.2) is 4.39 Å². The van der Waals surface area contributed by atoms with Gasteiger partial charge in [0.05, 0.1) is 0 Å². The second-order valence-corrected chi connectivity index (χ2v) is 6.19. The van der Waals surface area contributed by atoms with Crippen molar-refractivity contribution in [1.82, 2.24) is 4.90 Å². The van der Waals surface area contributed by atoms with E-state index in [4.69, 9.17) is 4.74 Å². The minimum absolute atomic E-state index is 0.158. The number of amides is 1. The van der Waals surface area contributed by atoms with Crippen LogP contribution < -0.4 is 0 Å². The maximum absolute atomic E-state index is 13.6. The van der Waals surface area contributed by atoms with Crippen molar-refractivity contribution in [3.8, 4) is 0 Å². The van der Waals surface area contributed by atoms with Crippen molar-refractivity contribution in [2.45, 2.75) is 45.1 Å². The Morgan fingerprint density at radius 2 is 1.96 bits per heavy atom. The molecule has 0 saturated heterocycles. The lowest BCUT2D eigenvalue weighted by molar-refractivity contribution is -0.152. The van der Waals surface area contributed by atoms with E-state index in [1.807, 2.05) is 0 Å². The van der Waals surface area contributed by atoms with Crippen LogP contribution in [0.2, 0.25) is 0 Å². The molecule has 0 unspecified atom stereocenters. The van der Waals surface area contributed by atoms with Gasteiger partial charge < -0.3 is 9.64 Å². The minimum atomic E-state index is -0.347. The number of carbonyl (C=O) groups excluding carboxylic acids is 2. The summed E-state index contributed by atoms with van der Waals surface area (Å²) in [6, 6.07) is 6.32. The van der Waals surface area contributed by atoms with Crippen LogP contribution in [0.3, 0.4) is 0 Å². The average molecular weight is 321 g/mol. The quantitative estimate of drug-likeness (QED) is 0.724. The molecule has 0 spiro atoms. The van der Waals surface area contributed by atoms with E-state index in [9.17, 15) is 14.0 Å². The summed E-state index contributed by atoms with van der Waals surface area (Å²) in [5.41, 5.74) is 0.441. The number of hydrogen-bond donors (Lipinski definition) is 0. The maximum atomic E-state index is 13.6. The van der Waals surface area contributed by atoms with Gasteiger partial charge in [0.25, 0.3) is 5.91 Å². The zero-order valence-corrected chi connectivity index (χ0v) is 13.6. The van der Waals surface area contributed by atoms with E-state index in [1.54, 1.807) is 25.2 Å². The van der Waals surface area contributed by atoms with E-state index in [2.05, 4.69) is 0 Å². The third-order valence-corrected chi connectivity index (χ3v) is 4.38. The number of nitrogens with zero attached hydrogens (tertiary/aromatic N) is 1. The first-order valence-electron chi connectivity index (χ1n) is 8.19. The molecule has 1 aromatic rings. The molecule has 2 rings (SSSR count). The van der Waals surface area contributed by atoms with Crippen LogP contribution in [0.1, 0.15) is 44.1 Å². The standard InChI is InChI=1S/C18H24FNO3/c1-20(12-15-8-4-5-9-16(15)19)17(21)13-23-18(22)11-10-14-6-2-3-7-14/h4-5,8-9,14H,2-3,6-7,10-13H2,1H3. The van der Waals surface area contributed by atoms with Crippen LogP contribution in [0, 0.1) is 11.7 Å². The highest BCUT2D eigenvalue weighted by molar-refractivity contribution is 5.80. The van der Waals surface area contributed by atoms with Crippen molar-refractivity contribution in [3.63, 3.8) is 0 Å². The summed E-state index contributed by atoms with van der Waals surface area (Å²) in [4.78, 5) is 25.0. The van der Waals surface area contributed by atoms with E-state index >= 15 is 0 Å². The molecular weight excluding hydrogens is 297 g/mol. The molecule has 1 aliphatic rings. The molecule has 0 radical (unpaired) electrons. The Morgan fingerprint density at radius 1 is 1.26 bits per heavy atom. The molecule has 0 aliphatic heterocycles. The lowest BCUT2D eigenvalue weighted by Crippen LogP contribution is -2.31. The van der Waals surface area contributed by atoms with E-state index < -0.39 is 0 Å². The number of benzene rings is 1. The van der Waals surface area contributed by atoms with Crippen LogP contribution in [-0.2, 0) is 20.9 Å². The number of hydrogen-bond acceptors (Lipinski definition) is 3. The molecule has 1 aromatic carbocycles. The summed E-state index contributed by atoms with van der Waals surface area (Å²) in [5.74, 6) is -0.380. The van der Waals surface area contributed by atoms with Gasteiger partial charge in [0, 0.05) is 25.6 Å². The lowest BCUT2D eigenvalue weighted by atomic mass is 10.0. The Bertz CT molecular complexity index is 541. The lowest BCUT2D eigenvalue weighted by Gasteiger charge is -2.17. The molecule has 0 heterocycles. The van der Waals surface area contributed by atoms with Crippen molar-refractivity contribution in [2.75, 3.05) is 13.7 Å². The van der Waals surface area contributed by atoms with Crippen LogP contribution in [0.25, 0.3) is 0 Å². The summed E-state index contributed by atoms with van der Waals surface area (Å²) in [7, 11) is 1.57. The van der Waals surface area contributed by atoms with Crippen LogP contribution >= 0.6 is 0 Å². The normalized spacial score (nSPS) is 14.7. The monoisotopic (exact) mass is 321 g/mol. The van der Waals surface area contributed by atoms with E-state index in [0.717, 1.165) is 6.42 Å². The van der Waals surface area contributed by atoms with Crippen molar-refractivity contribution < 1.29 is 18.7 Å². The highest BCUT2D eigenvalue weighted by Crippen LogP contribution is 2.28. The number of likely N-dealkylation sites (N-methyl/N-ethyl adjacent to an activating group) is 1. The van der Waals surface area contributed by atoms with Gasteiger partial charge in [-0.3, -0.25) is 9.59 Å². The number of rotatable bonds is 7. The molecule has 1 saturated carbocycles. The van der Waals surface area contributed by atoms with Crippen molar-refractivity contribution >= 4 is 11.9 Å². The van der Waals surface area contributed by atoms with Crippen LogP contribution in [0.15, 0.2) is 24.3 Å². The Hall–Kier alpha value is -1.91. The second kappa shape index (κ2) is 8.65. The fraction of sp³-hybridized carbons (Fsp3) is 0.556. The zero-order chi connectivity index (χ0) is 16.7. The van der Waals surface area contributed by atoms with Gasteiger partial charge in [-0.1, -0.05) is 43.9 Å². The average Bonchev–Trinajstić information content (AvgIpc) is 3.06. The molecule has 1 amide bonds. The highest BCUT2D eigenvalue weighted by Gasteiger charge is 2.18. The van der Waals surface area contributed by atoms with Gasteiger partial charge in [0.1, 0.15) is 5.82 Å². The summed E-state index contributed by atoms with van der Waals surface area (Å²) < 4.78 is 18.6. The van der Waals surface area contributed by atoms with Gasteiger partial charge in [-0.2, -0.15) is 0 Å². The molecule has 4 nitrogen and oxygen atoms in total. The molecule has 1 fully saturated rings. The molecule has 1 aliphatic carbocycles. The largest absolute Gasteiger partial charge is 0.456 e. The number of carbonyl (C=O) groups is 2. The van der Waals surface area contributed by atoms with Crippen molar-refractivity contribution in [3.05, 3.63) is 35.6 Å². The third-order valence-electron chi connectivity index (χ3n) is 4.38. The minimum Gasteiger partial charge on any atom is -0.456 e. The smallest absolute Gasteiger partial charge is 0.306 e. The number of halogens is 1. The molecule has 0 N–H and O–H groups in total. The third kappa shape index (κ3) is 5.66.